The molecule has 0 radical (unpaired) electrons. The molecule has 0 amide bonds. The summed E-state index contributed by atoms with van der Waals surface area (Å²) in [4.78, 5) is 10.4. The zero-order valence-electron chi connectivity index (χ0n) is 16.1. The molecule has 4 nitrogen and oxygen atoms in total. The first-order chi connectivity index (χ1) is 14.5. The Morgan fingerprint density at radius 1 is 0.933 bits per heavy atom. The maximum Gasteiger partial charge on any atom is 0.417 e. The lowest BCUT2D eigenvalue weighted by Gasteiger charge is -2.29. The van der Waals surface area contributed by atoms with Crippen LogP contribution < -0.4 is 9.64 Å². The third kappa shape index (κ3) is 4.97. The Morgan fingerprint density at radius 2 is 1.77 bits per heavy atom. The van der Waals surface area contributed by atoms with Crippen molar-refractivity contribution in [2.24, 2.45) is 0 Å². The Morgan fingerprint density at radius 3 is 2.43 bits per heavy atom. The summed E-state index contributed by atoms with van der Waals surface area (Å²) in [7, 11) is 0. The number of anilines is 1. The Bertz CT molecular complexity index is 1010. The van der Waals surface area contributed by atoms with Crippen LogP contribution >= 0.6 is 0 Å². The van der Waals surface area contributed by atoms with Gasteiger partial charge in [-0.15, -0.1) is 0 Å². The van der Waals surface area contributed by atoms with Crippen molar-refractivity contribution >= 4 is 11.9 Å². The minimum absolute atomic E-state index is 0.122. The fourth-order valence-electron chi connectivity index (χ4n) is 3.34. The highest BCUT2D eigenvalue weighted by Crippen LogP contribution is 2.30. The highest BCUT2D eigenvalue weighted by Gasteiger charge is 2.30. The van der Waals surface area contributed by atoms with Gasteiger partial charge in [-0.2, -0.15) is 13.2 Å². The molecule has 1 fully saturated rings. The molecule has 154 valence electrons. The van der Waals surface area contributed by atoms with Crippen molar-refractivity contribution in [2.45, 2.75) is 19.0 Å². The Kier molecular flexibility index (Phi) is 5.70. The molecule has 7 heteroatoms. The second-order valence-electron chi connectivity index (χ2n) is 7.03. The highest BCUT2D eigenvalue weighted by molar-refractivity contribution is 5.56. The number of hydrogen-bond acceptors (Lipinski definition) is 4. The van der Waals surface area contributed by atoms with Gasteiger partial charge in [-0.1, -0.05) is 29.8 Å². The van der Waals surface area contributed by atoms with E-state index in [1.807, 2.05) is 36.4 Å². The normalized spacial score (nSPS) is 14.5. The van der Waals surface area contributed by atoms with Crippen LogP contribution in [-0.4, -0.2) is 23.1 Å². The predicted molar refractivity (Wildman–Crippen MR) is 109 cm³/mol. The number of pyridine rings is 2. The lowest BCUT2D eigenvalue weighted by atomic mass is 10.0. The molecule has 0 atom stereocenters. The SMILES string of the molecule is FC(F)(F)c1ccc(Oc2cccc(C=C3CCN(c4ccccn4)CC3)c2)nc1. The van der Waals surface area contributed by atoms with Crippen LogP contribution in [0.2, 0.25) is 0 Å². The molecule has 1 aliphatic heterocycles. The number of ether oxygens (including phenoxy) is 1. The third-order valence-corrected chi connectivity index (χ3v) is 4.89. The Balaban J connectivity index is 1.40. The molecular formula is C23H20F3N3O. The first kappa shape index (κ1) is 19.9. The molecule has 3 aromatic rings. The van der Waals surface area contributed by atoms with Gasteiger partial charge in [-0.25, -0.2) is 9.97 Å². The monoisotopic (exact) mass is 411 g/mol. The van der Waals surface area contributed by atoms with Crippen LogP contribution in [-0.2, 0) is 6.18 Å². The Labute approximate surface area is 172 Å². The van der Waals surface area contributed by atoms with Gasteiger partial charge in [-0.05, 0) is 48.7 Å². The van der Waals surface area contributed by atoms with E-state index in [1.54, 1.807) is 12.3 Å². The molecule has 0 bridgehead atoms. The summed E-state index contributed by atoms with van der Waals surface area (Å²) >= 11 is 0. The lowest BCUT2D eigenvalue weighted by Crippen LogP contribution is -2.31. The van der Waals surface area contributed by atoms with E-state index in [0.717, 1.165) is 49.6 Å². The first-order valence-electron chi connectivity index (χ1n) is 9.64. The van der Waals surface area contributed by atoms with Crippen molar-refractivity contribution in [1.82, 2.24) is 9.97 Å². The van der Waals surface area contributed by atoms with Gasteiger partial charge in [0.15, 0.2) is 0 Å². The van der Waals surface area contributed by atoms with Crippen molar-refractivity contribution in [1.29, 1.82) is 0 Å². The van der Waals surface area contributed by atoms with E-state index in [0.29, 0.717) is 5.75 Å². The van der Waals surface area contributed by atoms with Crippen LogP contribution in [0.4, 0.5) is 19.0 Å². The van der Waals surface area contributed by atoms with Gasteiger partial charge in [0.2, 0.25) is 5.88 Å². The van der Waals surface area contributed by atoms with Crippen LogP contribution in [0, 0.1) is 0 Å². The number of nitrogens with zero attached hydrogens (tertiary/aromatic N) is 3. The molecule has 1 aliphatic rings. The predicted octanol–water partition coefficient (Wildman–Crippen LogP) is 5.97. The molecule has 3 heterocycles. The molecule has 1 saturated heterocycles. The van der Waals surface area contributed by atoms with Crippen LogP contribution in [0.1, 0.15) is 24.0 Å². The fourth-order valence-corrected chi connectivity index (χ4v) is 3.34. The van der Waals surface area contributed by atoms with E-state index in [4.69, 9.17) is 4.74 Å². The average molecular weight is 411 g/mol. The maximum atomic E-state index is 12.6. The van der Waals surface area contributed by atoms with Crippen molar-refractivity contribution in [3.8, 4) is 11.6 Å². The standard InChI is InChI=1S/C23H20F3N3O/c24-23(25,26)19-7-8-22(28-16-19)30-20-5-3-4-18(15-20)14-17-9-12-29(13-10-17)21-6-1-2-11-27-21/h1-8,11,14-16H,9-10,12-13H2. The third-order valence-electron chi connectivity index (χ3n) is 4.89. The molecule has 30 heavy (non-hydrogen) atoms. The van der Waals surface area contributed by atoms with Gasteiger partial charge in [0, 0.05) is 31.5 Å². The summed E-state index contributed by atoms with van der Waals surface area (Å²) in [5, 5.41) is 0. The van der Waals surface area contributed by atoms with E-state index in [1.165, 1.54) is 11.6 Å². The van der Waals surface area contributed by atoms with Crippen LogP contribution in [0.25, 0.3) is 6.08 Å². The summed E-state index contributed by atoms with van der Waals surface area (Å²) in [6.07, 6.45) is 2.20. The van der Waals surface area contributed by atoms with Crippen molar-refractivity contribution in [3.63, 3.8) is 0 Å². The number of halogens is 3. The number of alkyl halides is 3. The van der Waals surface area contributed by atoms with E-state index in [2.05, 4.69) is 20.9 Å². The zero-order chi connectivity index (χ0) is 21.0. The van der Waals surface area contributed by atoms with E-state index in [9.17, 15) is 13.2 Å². The highest BCUT2D eigenvalue weighted by atomic mass is 19.4. The van der Waals surface area contributed by atoms with Gasteiger partial charge in [0.1, 0.15) is 11.6 Å². The molecule has 0 unspecified atom stereocenters. The second kappa shape index (κ2) is 8.57. The minimum atomic E-state index is -4.41. The van der Waals surface area contributed by atoms with Gasteiger partial charge < -0.3 is 9.64 Å². The van der Waals surface area contributed by atoms with Gasteiger partial charge >= 0.3 is 6.18 Å². The molecule has 1 aromatic carbocycles. The zero-order valence-corrected chi connectivity index (χ0v) is 16.1. The fraction of sp³-hybridized carbons (Fsp3) is 0.217. The molecule has 0 N–H and O–H groups in total. The van der Waals surface area contributed by atoms with Crippen LogP contribution in [0.15, 0.2) is 72.6 Å². The van der Waals surface area contributed by atoms with Gasteiger partial charge in [0.25, 0.3) is 0 Å². The van der Waals surface area contributed by atoms with E-state index < -0.39 is 11.7 Å². The number of rotatable bonds is 4. The molecule has 4 rings (SSSR count). The smallest absolute Gasteiger partial charge is 0.417 e. The van der Waals surface area contributed by atoms with E-state index in [-0.39, 0.29) is 5.88 Å². The van der Waals surface area contributed by atoms with Crippen molar-refractivity contribution < 1.29 is 17.9 Å². The topological polar surface area (TPSA) is 38.2 Å². The largest absolute Gasteiger partial charge is 0.439 e. The summed E-state index contributed by atoms with van der Waals surface area (Å²) in [6, 6.07) is 15.6. The molecule has 0 aliphatic carbocycles. The van der Waals surface area contributed by atoms with Crippen LogP contribution in [0.5, 0.6) is 11.6 Å². The van der Waals surface area contributed by atoms with Crippen molar-refractivity contribution in [3.05, 3.63) is 83.7 Å². The van der Waals surface area contributed by atoms with Crippen molar-refractivity contribution in [2.75, 3.05) is 18.0 Å². The molecule has 2 aromatic heterocycles. The lowest BCUT2D eigenvalue weighted by molar-refractivity contribution is -0.137. The van der Waals surface area contributed by atoms with Crippen LogP contribution in [0.3, 0.4) is 0 Å². The maximum absolute atomic E-state index is 12.6. The molecule has 0 saturated carbocycles. The number of piperidine rings is 1. The van der Waals surface area contributed by atoms with Gasteiger partial charge in [-0.3, -0.25) is 0 Å². The summed E-state index contributed by atoms with van der Waals surface area (Å²) in [5.74, 6) is 1.65. The summed E-state index contributed by atoms with van der Waals surface area (Å²) in [6.45, 7) is 1.82. The number of benzene rings is 1. The first-order valence-corrected chi connectivity index (χ1v) is 9.64. The summed E-state index contributed by atoms with van der Waals surface area (Å²) in [5.41, 5.74) is 1.53. The Hall–Kier alpha value is -3.35. The molecule has 0 spiro atoms. The average Bonchev–Trinajstić information content (AvgIpc) is 2.75. The second-order valence-corrected chi connectivity index (χ2v) is 7.03. The number of aromatic nitrogens is 2. The summed E-state index contributed by atoms with van der Waals surface area (Å²) < 4.78 is 43.6. The minimum Gasteiger partial charge on any atom is -0.439 e. The quantitative estimate of drug-likeness (QED) is 0.530. The number of hydrogen-bond donors (Lipinski definition) is 0. The van der Waals surface area contributed by atoms with Gasteiger partial charge in [0.05, 0.1) is 5.56 Å². The molecular weight excluding hydrogens is 391 g/mol. The van der Waals surface area contributed by atoms with E-state index >= 15 is 0 Å².